The van der Waals surface area contributed by atoms with E-state index in [0.29, 0.717) is 31.0 Å². The Bertz CT molecular complexity index is 461. The number of amides is 1. The van der Waals surface area contributed by atoms with Crippen LogP contribution in [0, 0.1) is 11.7 Å². The van der Waals surface area contributed by atoms with Crippen molar-refractivity contribution in [1.82, 2.24) is 4.90 Å². The van der Waals surface area contributed by atoms with Crippen LogP contribution in [-0.4, -0.2) is 17.4 Å². The fraction of sp³-hybridized carbons (Fsp3) is 0.533. The molecule has 0 aliphatic carbocycles. The summed E-state index contributed by atoms with van der Waals surface area (Å²) < 4.78 is 13.9. The molecule has 1 saturated heterocycles. The quantitative estimate of drug-likeness (QED) is 0.911. The highest BCUT2D eigenvalue weighted by atomic mass is 19.1. The lowest BCUT2D eigenvalue weighted by molar-refractivity contribution is -0.131. The summed E-state index contributed by atoms with van der Waals surface area (Å²) >= 11 is 0. The fourth-order valence-electron chi connectivity index (χ4n) is 2.39. The van der Waals surface area contributed by atoms with E-state index in [9.17, 15) is 9.18 Å². The standard InChI is InChI=1S/C15H21FN2O/c1-11-2-5-15(19)18(7-6-11)10-13-4-3-12(9-17)8-14(13)16/h3-4,8,11H,2,5-7,9-10,17H2,1H3. The molecule has 0 aromatic heterocycles. The topological polar surface area (TPSA) is 46.3 Å². The summed E-state index contributed by atoms with van der Waals surface area (Å²) in [6.07, 6.45) is 2.50. The minimum absolute atomic E-state index is 0.131. The van der Waals surface area contributed by atoms with Crippen LogP contribution in [0.5, 0.6) is 0 Å². The van der Waals surface area contributed by atoms with E-state index >= 15 is 0 Å². The molecule has 1 aromatic carbocycles. The van der Waals surface area contributed by atoms with Crippen molar-refractivity contribution in [3.63, 3.8) is 0 Å². The van der Waals surface area contributed by atoms with Crippen molar-refractivity contribution in [3.05, 3.63) is 35.1 Å². The Morgan fingerprint density at radius 1 is 1.42 bits per heavy atom. The molecule has 3 nitrogen and oxygen atoms in total. The summed E-state index contributed by atoms with van der Waals surface area (Å²) in [5.41, 5.74) is 6.82. The van der Waals surface area contributed by atoms with Gasteiger partial charge >= 0.3 is 0 Å². The van der Waals surface area contributed by atoms with Crippen LogP contribution in [0.1, 0.15) is 37.3 Å². The van der Waals surface area contributed by atoms with Crippen LogP contribution in [0.15, 0.2) is 18.2 Å². The lowest BCUT2D eigenvalue weighted by atomic mass is 10.0. The highest BCUT2D eigenvalue weighted by Crippen LogP contribution is 2.20. The molecule has 2 rings (SSSR count). The van der Waals surface area contributed by atoms with Gasteiger partial charge in [0.25, 0.3) is 0 Å². The van der Waals surface area contributed by atoms with Crippen molar-refractivity contribution in [1.29, 1.82) is 0 Å². The summed E-state index contributed by atoms with van der Waals surface area (Å²) in [6, 6.07) is 5.02. The Morgan fingerprint density at radius 2 is 2.21 bits per heavy atom. The van der Waals surface area contributed by atoms with Gasteiger partial charge in [-0.15, -0.1) is 0 Å². The number of halogens is 1. The maximum Gasteiger partial charge on any atom is 0.222 e. The highest BCUT2D eigenvalue weighted by Gasteiger charge is 2.21. The van der Waals surface area contributed by atoms with E-state index in [0.717, 1.165) is 24.9 Å². The van der Waals surface area contributed by atoms with Gasteiger partial charge in [-0.2, -0.15) is 0 Å². The lowest BCUT2D eigenvalue weighted by Gasteiger charge is -2.21. The average molecular weight is 264 g/mol. The molecule has 1 heterocycles. The van der Waals surface area contributed by atoms with E-state index < -0.39 is 0 Å². The van der Waals surface area contributed by atoms with Gasteiger partial charge in [-0.05, 0) is 30.4 Å². The maximum atomic E-state index is 13.9. The van der Waals surface area contributed by atoms with E-state index in [-0.39, 0.29) is 11.7 Å². The number of nitrogens with two attached hydrogens (primary N) is 1. The van der Waals surface area contributed by atoms with Crippen LogP contribution in [0.25, 0.3) is 0 Å². The number of benzene rings is 1. The SMILES string of the molecule is CC1CCC(=O)N(Cc2ccc(CN)cc2F)CC1. The molecule has 1 unspecified atom stereocenters. The monoisotopic (exact) mass is 264 g/mol. The van der Waals surface area contributed by atoms with E-state index in [2.05, 4.69) is 6.92 Å². The van der Waals surface area contributed by atoms with E-state index in [1.54, 1.807) is 11.0 Å². The second-order valence-electron chi connectivity index (χ2n) is 5.38. The van der Waals surface area contributed by atoms with Crippen molar-refractivity contribution in [3.8, 4) is 0 Å². The number of nitrogens with zero attached hydrogens (tertiary/aromatic N) is 1. The van der Waals surface area contributed by atoms with E-state index in [1.165, 1.54) is 6.07 Å². The molecule has 1 aliphatic rings. The first-order valence-electron chi connectivity index (χ1n) is 6.85. The fourth-order valence-corrected chi connectivity index (χ4v) is 2.39. The highest BCUT2D eigenvalue weighted by molar-refractivity contribution is 5.76. The summed E-state index contributed by atoms with van der Waals surface area (Å²) in [5.74, 6) is 0.429. The minimum atomic E-state index is -0.270. The first-order chi connectivity index (χ1) is 9.10. The Hall–Kier alpha value is -1.42. The molecule has 4 heteroatoms. The average Bonchev–Trinajstić information content (AvgIpc) is 2.56. The molecule has 0 saturated carbocycles. The molecule has 104 valence electrons. The zero-order chi connectivity index (χ0) is 13.8. The van der Waals surface area contributed by atoms with Gasteiger partial charge in [0, 0.05) is 31.6 Å². The van der Waals surface area contributed by atoms with Gasteiger partial charge in [0.15, 0.2) is 0 Å². The first kappa shape index (κ1) is 14.0. The second-order valence-corrected chi connectivity index (χ2v) is 5.38. The summed E-state index contributed by atoms with van der Waals surface area (Å²) in [6.45, 7) is 3.57. The lowest BCUT2D eigenvalue weighted by Crippen LogP contribution is -2.30. The van der Waals surface area contributed by atoms with Crippen molar-refractivity contribution in [2.45, 2.75) is 39.3 Å². The van der Waals surface area contributed by atoms with Gasteiger partial charge in [-0.3, -0.25) is 4.79 Å². The molecule has 0 bridgehead atoms. The third-order valence-electron chi connectivity index (χ3n) is 3.81. The molecule has 1 aromatic rings. The third-order valence-corrected chi connectivity index (χ3v) is 3.81. The number of rotatable bonds is 3. The first-order valence-corrected chi connectivity index (χ1v) is 6.85. The molecular formula is C15H21FN2O. The van der Waals surface area contributed by atoms with E-state index in [4.69, 9.17) is 5.73 Å². The van der Waals surface area contributed by atoms with E-state index in [1.807, 2.05) is 6.07 Å². The molecular weight excluding hydrogens is 243 g/mol. The number of carbonyl (C=O) groups excluding carboxylic acids is 1. The number of hydrogen-bond donors (Lipinski definition) is 1. The molecule has 1 fully saturated rings. The van der Waals surface area contributed by atoms with Gasteiger partial charge in [-0.1, -0.05) is 19.1 Å². The van der Waals surface area contributed by atoms with Crippen molar-refractivity contribution in [2.24, 2.45) is 11.7 Å². The van der Waals surface area contributed by atoms with Crippen molar-refractivity contribution >= 4 is 5.91 Å². The van der Waals surface area contributed by atoms with Gasteiger partial charge in [0.1, 0.15) is 5.82 Å². The molecule has 2 N–H and O–H groups in total. The minimum Gasteiger partial charge on any atom is -0.338 e. The van der Waals surface area contributed by atoms with Gasteiger partial charge in [0.2, 0.25) is 5.91 Å². The maximum absolute atomic E-state index is 13.9. The predicted molar refractivity (Wildman–Crippen MR) is 72.7 cm³/mol. The number of likely N-dealkylation sites (tertiary alicyclic amines) is 1. The van der Waals surface area contributed by atoms with Crippen LogP contribution < -0.4 is 5.73 Å². The smallest absolute Gasteiger partial charge is 0.222 e. The Labute approximate surface area is 113 Å². The summed E-state index contributed by atoms with van der Waals surface area (Å²) in [4.78, 5) is 13.7. The third kappa shape index (κ3) is 3.53. The largest absolute Gasteiger partial charge is 0.338 e. The molecule has 1 atom stereocenters. The van der Waals surface area contributed by atoms with Crippen LogP contribution in [0.3, 0.4) is 0 Å². The zero-order valence-electron chi connectivity index (χ0n) is 11.4. The zero-order valence-corrected chi connectivity index (χ0v) is 11.4. The van der Waals surface area contributed by atoms with Crippen LogP contribution in [0.2, 0.25) is 0 Å². The normalized spacial score (nSPS) is 20.5. The van der Waals surface area contributed by atoms with Crippen LogP contribution >= 0.6 is 0 Å². The van der Waals surface area contributed by atoms with Crippen molar-refractivity contribution < 1.29 is 9.18 Å². The van der Waals surface area contributed by atoms with Gasteiger partial charge < -0.3 is 10.6 Å². The van der Waals surface area contributed by atoms with Gasteiger partial charge in [-0.25, -0.2) is 4.39 Å². The predicted octanol–water partition coefficient (Wildman–Crippen LogP) is 2.43. The Morgan fingerprint density at radius 3 is 2.89 bits per heavy atom. The van der Waals surface area contributed by atoms with Crippen LogP contribution in [-0.2, 0) is 17.9 Å². The van der Waals surface area contributed by atoms with Crippen molar-refractivity contribution in [2.75, 3.05) is 6.54 Å². The van der Waals surface area contributed by atoms with Gasteiger partial charge in [0.05, 0.1) is 0 Å². The number of hydrogen-bond acceptors (Lipinski definition) is 2. The summed E-state index contributed by atoms with van der Waals surface area (Å²) in [5, 5.41) is 0. The van der Waals surface area contributed by atoms with Crippen LogP contribution in [0.4, 0.5) is 4.39 Å². The molecule has 1 aliphatic heterocycles. The number of carbonyl (C=O) groups is 1. The Balaban J connectivity index is 2.09. The molecule has 0 spiro atoms. The molecule has 1 amide bonds. The second kappa shape index (κ2) is 6.15. The molecule has 0 radical (unpaired) electrons. The Kier molecular flexibility index (Phi) is 4.53. The summed E-state index contributed by atoms with van der Waals surface area (Å²) in [7, 11) is 0. The molecule has 19 heavy (non-hydrogen) atoms.